The first-order valence-electron chi connectivity index (χ1n) is 7.64. The molecule has 1 aromatic carbocycles. The Labute approximate surface area is 141 Å². The Kier molecular flexibility index (Phi) is 6.52. The lowest BCUT2D eigenvalue weighted by atomic mass is 10.2. The number of hydrogen-bond acceptors (Lipinski definition) is 4. The second-order valence-corrected chi connectivity index (χ2v) is 6.39. The number of carbonyl (C=O) groups is 1. The van der Waals surface area contributed by atoms with Crippen LogP contribution >= 0.6 is 11.8 Å². The first kappa shape index (κ1) is 17.4. The maximum absolute atomic E-state index is 12.1. The standard InChI is InChI=1S/C17H23N3O2S/c1-13(12-20-10-4-9-19-20)11-18-17(21)14(2)22-15-5-7-16(23-3)8-6-15/h4-10,13-14H,11-12H2,1-3H3,(H,18,21). The molecule has 1 N–H and O–H groups in total. The molecule has 1 heterocycles. The van der Waals surface area contributed by atoms with Gasteiger partial charge >= 0.3 is 0 Å². The van der Waals surface area contributed by atoms with Crippen molar-refractivity contribution in [2.24, 2.45) is 5.92 Å². The molecule has 2 unspecified atom stereocenters. The summed E-state index contributed by atoms with van der Waals surface area (Å²) >= 11 is 1.67. The van der Waals surface area contributed by atoms with Gasteiger partial charge in [-0.3, -0.25) is 9.48 Å². The van der Waals surface area contributed by atoms with Crippen LogP contribution in [0.25, 0.3) is 0 Å². The number of benzene rings is 1. The number of nitrogens with one attached hydrogen (secondary N) is 1. The summed E-state index contributed by atoms with van der Waals surface area (Å²) in [5.41, 5.74) is 0. The van der Waals surface area contributed by atoms with Crippen LogP contribution in [0, 0.1) is 5.92 Å². The molecule has 5 nitrogen and oxygen atoms in total. The Morgan fingerprint density at radius 1 is 1.35 bits per heavy atom. The van der Waals surface area contributed by atoms with Gasteiger partial charge in [-0.1, -0.05) is 6.92 Å². The lowest BCUT2D eigenvalue weighted by molar-refractivity contribution is -0.127. The van der Waals surface area contributed by atoms with Crippen molar-refractivity contribution in [3.8, 4) is 5.75 Å². The fourth-order valence-corrected chi connectivity index (χ4v) is 2.53. The number of rotatable bonds is 8. The molecule has 0 saturated heterocycles. The van der Waals surface area contributed by atoms with Gasteiger partial charge in [0.15, 0.2) is 6.10 Å². The Morgan fingerprint density at radius 3 is 2.70 bits per heavy atom. The molecule has 0 aliphatic heterocycles. The molecule has 0 saturated carbocycles. The third-order valence-electron chi connectivity index (χ3n) is 3.42. The second-order valence-electron chi connectivity index (χ2n) is 5.51. The molecule has 1 amide bonds. The predicted octanol–water partition coefficient (Wildman–Crippen LogP) is 2.82. The van der Waals surface area contributed by atoms with Gasteiger partial charge in [0.2, 0.25) is 0 Å². The van der Waals surface area contributed by atoms with Crippen LogP contribution in [0.5, 0.6) is 5.75 Å². The van der Waals surface area contributed by atoms with Gasteiger partial charge in [0.25, 0.3) is 5.91 Å². The predicted molar refractivity (Wildman–Crippen MR) is 92.7 cm³/mol. The van der Waals surface area contributed by atoms with Crippen LogP contribution < -0.4 is 10.1 Å². The summed E-state index contributed by atoms with van der Waals surface area (Å²) in [6.07, 6.45) is 5.18. The van der Waals surface area contributed by atoms with E-state index in [0.29, 0.717) is 18.2 Å². The molecular weight excluding hydrogens is 310 g/mol. The van der Waals surface area contributed by atoms with Gasteiger partial charge in [0, 0.05) is 30.4 Å². The number of ether oxygens (including phenoxy) is 1. The van der Waals surface area contributed by atoms with E-state index >= 15 is 0 Å². The first-order chi connectivity index (χ1) is 11.1. The molecule has 0 bridgehead atoms. The van der Waals surface area contributed by atoms with E-state index in [0.717, 1.165) is 6.54 Å². The van der Waals surface area contributed by atoms with Gasteiger partial charge in [0.05, 0.1) is 0 Å². The number of thioether (sulfide) groups is 1. The van der Waals surface area contributed by atoms with Crippen LogP contribution in [-0.2, 0) is 11.3 Å². The molecular formula is C17H23N3O2S. The molecule has 124 valence electrons. The van der Waals surface area contributed by atoms with Gasteiger partial charge < -0.3 is 10.1 Å². The molecule has 0 radical (unpaired) electrons. The summed E-state index contributed by atoms with van der Waals surface area (Å²) in [6.45, 7) is 5.21. The molecule has 0 aliphatic rings. The lowest BCUT2D eigenvalue weighted by Crippen LogP contribution is -2.39. The Balaban J connectivity index is 1.75. The van der Waals surface area contributed by atoms with Crippen molar-refractivity contribution in [1.82, 2.24) is 15.1 Å². The van der Waals surface area contributed by atoms with E-state index in [1.165, 1.54) is 4.90 Å². The lowest BCUT2D eigenvalue weighted by Gasteiger charge is -2.17. The van der Waals surface area contributed by atoms with Crippen molar-refractivity contribution in [1.29, 1.82) is 0 Å². The van der Waals surface area contributed by atoms with Crippen molar-refractivity contribution in [2.45, 2.75) is 31.4 Å². The van der Waals surface area contributed by atoms with Gasteiger partial charge in [-0.25, -0.2) is 0 Å². The molecule has 0 spiro atoms. The van der Waals surface area contributed by atoms with Gasteiger partial charge in [-0.2, -0.15) is 5.10 Å². The third kappa shape index (κ3) is 5.63. The summed E-state index contributed by atoms with van der Waals surface area (Å²) < 4.78 is 7.54. The highest BCUT2D eigenvalue weighted by Crippen LogP contribution is 2.19. The average molecular weight is 333 g/mol. The highest BCUT2D eigenvalue weighted by Gasteiger charge is 2.15. The molecule has 23 heavy (non-hydrogen) atoms. The number of nitrogens with zero attached hydrogens (tertiary/aromatic N) is 2. The minimum Gasteiger partial charge on any atom is -0.481 e. The minimum atomic E-state index is -0.521. The fraction of sp³-hybridized carbons (Fsp3) is 0.412. The smallest absolute Gasteiger partial charge is 0.260 e. The Morgan fingerprint density at radius 2 is 2.09 bits per heavy atom. The van der Waals surface area contributed by atoms with E-state index in [9.17, 15) is 4.79 Å². The van der Waals surface area contributed by atoms with Gasteiger partial charge in [-0.15, -0.1) is 11.8 Å². The number of aromatic nitrogens is 2. The molecule has 0 aliphatic carbocycles. The molecule has 2 aromatic rings. The van der Waals surface area contributed by atoms with Crippen molar-refractivity contribution >= 4 is 17.7 Å². The van der Waals surface area contributed by atoms with Crippen LogP contribution in [-0.4, -0.2) is 34.6 Å². The molecule has 2 atom stereocenters. The summed E-state index contributed by atoms with van der Waals surface area (Å²) in [5, 5.41) is 7.09. The normalized spacial score (nSPS) is 13.3. The topological polar surface area (TPSA) is 56.1 Å². The highest BCUT2D eigenvalue weighted by molar-refractivity contribution is 7.98. The van der Waals surface area contributed by atoms with Crippen LogP contribution in [0.3, 0.4) is 0 Å². The van der Waals surface area contributed by atoms with E-state index in [-0.39, 0.29) is 5.91 Å². The van der Waals surface area contributed by atoms with Crippen LogP contribution in [0.2, 0.25) is 0 Å². The van der Waals surface area contributed by atoms with E-state index in [2.05, 4.69) is 17.3 Å². The summed E-state index contributed by atoms with van der Waals surface area (Å²) in [6, 6.07) is 9.63. The number of carbonyl (C=O) groups excluding carboxylic acids is 1. The third-order valence-corrected chi connectivity index (χ3v) is 4.17. The Hall–Kier alpha value is -1.95. The highest BCUT2D eigenvalue weighted by atomic mass is 32.2. The SMILES string of the molecule is CSc1ccc(OC(C)C(=O)NCC(C)Cn2cccn2)cc1. The van der Waals surface area contributed by atoms with Crippen molar-refractivity contribution < 1.29 is 9.53 Å². The van der Waals surface area contributed by atoms with E-state index in [1.807, 2.05) is 47.5 Å². The zero-order valence-electron chi connectivity index (χ0n) is 13.7. The maximum atomic E-state index is 12.1. The molecule has 0 fully saturated rings. The summed E-state index contributed by atoms with van der Waals surface area (Å²) in [5.74, 6) is 0.896. The maximum Gasteiger partial charge on any atom is 0.260 e. The molecule has 2 rings (SSSR count). The number of hydrogen-bond donors (Lipinski definition) is 1. The monoisotopic (exact) mass is 333 g/mol. The summed E-state index contributed by atoms with van der Waals surface area (Å²) in [7, 11) is 0. The van der Waals surface area contributed by atoms with Crippen LogP contribution in [0.15, 0.2) is 47.6 Å². The average Bonchev–Trinajstić information content (AvgIpc) is 3.06. The zero-order chi connectivity index (χ0) is 16.7. The largest absolute Gasteiger partial charge is 0.481 e. The first-order valence-corrected chi connectivity index (χ1v) is 8.87. The quantitative estimate of drug-likeness (QED) is 0.755. The van der Waals surface area contributed by atoms with Crippen LogP contribution in [0.1, 0.15) is 13.8 Å². The fourth-order valence-electron chi connectivity index (χ4n) is 2.12. The number of amides is 1. The summed E-state index contributed by atoms with van der Waals surface area (Å²) in [4.78, 5) is 13.3. The van der Waals surface area contributed by atoms with E-state index < -0.39 is 6.10 Å². The van der Waals surface area contributed by atoms with Gasteiger partial charge in [-0.05, 0) is 49.4 Å². The zero-order valence-corrected chi connectivity index (χ0v) is 14.5. The van der Waals surface area contributed by atoms with E-state index in [1.54, 1.807) is 24.9 Å². The van der Waals surface area contributed by atoms with Crippen LogP contribution in [0.4, 0.5) is 0 Å². The molecule has 1 aromatic heterocycles. The van der Waals surface area contributed by atoms with Crippen molar-refractivity contribution in [3.05, 3.63) is 42.7 Å². The molecule has 6 heteroatoms. The van der Waals surface area contributed by atoms with Gasteiger partial charge in [0.1, 0.15) is 5.75 Å². The van der Waals surface area contributed by atoms with Crippen molar-refractivity contribution in [3.63, 3.8) is 0 Å². The Bertz CT molecular complexity index is 599. The van der Waals surface area contributed by atoms with Crippen molar-refractivity contribution in [2.75, 3.05) is 12.8 Å². The van der Waals surface area contributed by atoms with E-state index in [4.69, 9.17) is 4.74 Å². The minimum absolute atomic E-state index is 0.105. The second kappa shape index (κ2) is 8.62.